The molecule has 0 saturated heterocycles. The summed E-state index contributed by atoms with van der Waals surface area (Å²) in [5.41, 5.74) is 0.780. The lowest BCUT2D eigenvalue weighted by Crippen LogP contribution is -2.40. The Balaban J connectivity index is 2.86. The van der Waals surface area contributed by atoms with E-state index in [0.717, 1.165) is 38.0 Å². The summed E-state index contributed by atoms with van der Waals surface area (Å²) in [6.45, 7) is 11.5. The molecule has 114 valence electrons. The first-order chi connectivity index (χ1) is 9.63. The fraction of sp³-hybridized carbons (Fsp3) is 0.647. The Morgan fingerprint density at radius 1 is 1.20 bits per heavy atom. The minimum Gasteiger partial charge on any atom is -0.309 e. The van der Waals surface area contributed by atoms with Gasteiger partial charge in [0.1, 0.15) is 5.82 Å². The molecule has 0 bridgehead atoms. The lowest BCUT2D eigenvalue weighted by Gasteiger charge is -2.32. The number of benzene rings is 1. The van der Waals surface area contributed by atoms with Crippen molar-refractivity contribution in [2.75, 3.05) is 19.6 Å². The quantitative estimate of drug-likeness (QED) is 0.736. The van der Waals surface area contributed by atoms with Gasteiger partial charge in [-0.25, -0.2) is 4.39 Å². The van der Waals surface area contributed by atoms with E-state index in [2.05, 4.69) is 37.9 Å². The predicted molar refractivity (Wildman–Crippen MR) is 84.4 cm³/mol. The molecule has 0 aromatic heterocycles. The van der Waals surface area contributed by atoms with Crippen LogP contribution in [0.15, 0.2) is 24.3 Å². The van der Waals surface area contributed by atoms with Gasteiger partial charge in [-0.2, -0.15) is 0 Å². The van der Waals surface area contributed by atoms with E-state index in [0.29, 0.717) is 6.04 Å². The maximum absolute atomic E-state index is 14.0. The monoisotopic (exact) mass is 280 g/mol. The molecule has 2 nitrogen and oxygen atoms in total. The Bertz CT molecular complexity index is 381. The Labute approximate surface area is 123 Å². The number of halogens is 1. The molecule has 0 fully saturated rings. The largest absolute Gasteiger partial charge is 0.309 e. The van der Waals surface area contributed by atoms with E-state index >= 15 is 0 Å². The molecule has 20 heavy (non-hydrogen) atoms. The van der Waals surface area contributed by atoms with Gasteiger partial charge in [0.05, 0.1) is 0 Å². The molecule has 3 heteroatoms. The molecule has 0 saturated carbocycles. The second kappa shape index (κ2) is 9.09. The van der Waals surface area contributed by atoms with Gasteiger partial charge < -0.3 is 5.32 Å². The van der Waals surface area contributed by atoms with Crippen molar-refractivity contribution in [2.45, 2.75) is 52.6 Å². The van der Waals surface area contributed by atoms with Crippen LogP contribution < -0.4 is 5.32 Å². The van der Waals surface area contributed by atoms with Crippen LogP contribution in [0.2, 0.25) is 0 Å². The van der Waals surface area contributed by atoms with Gasteiger partial charge in [0.2, 0.25) is 0 Å². The minimum absolute atomic E-state index is 0.0603. The first-order valence-corrected chi connectivity index (χ1v) is 7.85. The van der Waals surface area contributed by atoms with Crippen molar-refractivity contribution in [1.82, 2.24) is 10.2 Å². The van der Waals surface area contributed by atoms with Gasteiger partial charge in [-0.1, -0.05) is 39.0 Å². The van der Waals surface area contributed by atoms with Crippen molar-refractivity contribution in [3.63, 3.8) is 0 Å². The maximum Gasteiger partial charge on any atom is 0.128 e. The van der Waals surface area contributed by atoms with Crippen molar-refractivity contribution < 1.29 is 4.39 Å². The summed E-state index contributed by atoms with van der Waals surface area (Å²) in [6, 6.07) is 7.70. The second-order valence-corrected chi connectivity index (χ2v) is 5.37. The second-order valence-electron chi connectivity index (χ2n) is 5.37. The minimum atomic E-state index is -0.110. The fourth-order valence-electron chi connectivity index (χ4n) is 2.46. The first kappa shape index (κ1) is 17.1. The van der Waals surface area contributed by atoms with Gasteiger partial charge in [-0.05, 0) is 38.9 Å². The van der Waals surface area contributed by atoms with Gasteiger partial charge in [0.25, 0.3) is 0 Å². The number of rotatable bonds is 9. The van der Waals surface area contributed by atoms with Crippen LogP contribution in [-0.2, 0) is 0 Å². The van der Waals surface area contributed by atoms with Crippen LogP contribution in [0.3, 0.4) is 0 Å². The zero-order chi connectivity index (χ0) is 15.0. The summed E-state index contributed by atoms with van der Waals surface area (Å²) < 4.78 is 14.0. The fourth-order valence-corrected chi connectivity index (χ4v) is 2.46. The van der Waals surface area contributed by atoms with Gasteiger partial charge in [-0.3, -0.25) is 4.90 Å². The summed E-state index contributed by atoms with van der Waals surface area (Å²) in [6.07, 6.45) is 2.17. The molecule has 0 aliphatic carbocycles. The zero-order valence-corrected chi connectivity index (χ0v) is 13.3. The highest BCUT2D eigenvalue weighted by Gasteiger charge is 2.20. The van der Waals surface area contributed by atoms with Crippen molar-refractivity contribution >= 4 is 0 Å². The number of nitrogens with zero attached hydrogens (tertiary/aromatic N) is 1. The lowest BCUT2D eigenvalue weighted by atomic mass is 10.0. The average molecular weight is 280 g/mol. The number of nitrogens with one attached hydrogen (secondary N) is 1. The molecule has 1 N–H and O–H groups in total. The highest BCUT2D eigenvalue weighted by atomic mass is 19.1. The predicted octanol–water partition coefficient (Wildman–Crippen LogP) is 3.99. The molecule has 0 heterocycles. The molecule has 1 rings (SSSR count). The summed E-state index contributed by atoms with van der Waals surface area (Å²) in [5, 5.41) is 3.49. The van der Waals surface area contributed by atoms with Crippen molar-refractivity contribution in [3.05, 3.63) is 35.6 Å². The first-order valence-electron chi connectivity index (χ1n) is 7.85. The molecule has 0 aliphatic heterocycles. The Morgan fingerprint density at radius 2 is 1.90 bits per heavy atom. The Kier molecular flexibility index (Phi) is 7.78. The van der Waals surface area contributed by atoms with E-state index in [-0.39, 0.29) is 11.9 Å². The molecule has 0 amide bonds. The molecule has 0 aliphatic rings. The summed E-state index contributed by atoms with van der Waals surface area (Å²) in [4.78, 5) is 2.42. The van der Waals surface area contributed by atoms with E-state index in [9.17, 15) is 4.39 Å². The van der Waals surface area contributed by atoms with Gasteiger partial charge in [0, 0.05) is 24.2 Å². The number of likely N-dealkylation sites (N-methyl/N-ethyl adjacent to an activating group) is 1. The summed E-state index contributed by atoms with van der Waals surface area (Å²) in [7, 11) is 0. The van der Waals surface area contributed by atoms with Crippen LogP contribution in [0.4, 0.5) is 4.39 Å². The molecule has 2 atom stereocenters. The normalized spacial score (nSPS) is 14.5. The molecular weight excluding hydrogens is 251 g/mol. The smallest absolute Gasteiger partial charge is 0.128 e. The van der Waals surface area contributed by atoms with Crippen molar-refractivity contribution in [2.24, 2.45) is 0 Å². The van der Waals surface area contributed by atoms with Crippen LogP contribution in [0, 0.1) is 5.82 Å². The third-order valence-electron chi connectivity index (χ3n) is 3.96. The Hall–Kier alpha value is -0.930. The van der Waals surface area contributed by atoms with Crippen molar-refractivity contribution in [3.8, 4) is 0 Å². The third kappa shape index (κ3) is 4.88. The van der Waals surface area contributed by atoms with Crippen LogP contribution in [0.1, 0.15) is 52.1 Å². The molecule has 1 aromatic rings. The number of hydrogen-bond acceptors (Lipinski definition) is 2. The molecular formula is C17H29FN2. The van der Waals surface area contributed by atoms with Gasteiger partial charge in [-0.15, -0.1) is 0 Å². The highest BCUT2D eigenvalue weighted by Crippen LogP contribution is 2.19. The topological polar surface area (TPSA) is 15.3 Å². The SMILES string of the molecule is CCCNC(CN(CC)C(C)CC)c1ccccc1F. The van der Waals surface area contributed by atoms with Crippen LogP contribution >= 0.6 is 0 Å². The molecule has 2 unspecified atom stereocenters. The third-order valence-corrected chi connectivity index (χ3v) is 3.96. The van der Waals surface area contributed by atoms with E-state index in [4.69, 9.17) is 0 Å². The van der Waals surface area contributed by atoms with Crippen LogP contribution in [-0.4, -0.2) is 30.6 Å². The van der Waals surface area contributed by atoms with E-state index in [1.807, 2.05) is 12.1 Å². The van der Waals surface area contributed by atoms with E-state index in [1.54, 1.807) is 12.1 Å². The molecule has 1 aromatic carbocycles. The number of hydrogen-bond donors (Lipinski definition) is 1. The zero-order valence-electron chi connectivity index (χ0n) is 13.3. The Morgan fingerprint density at radius 3 is 2.45 bits per heavy atom. The lowest BCUT2D eigenvalue weighted by molar-refractivity contribution is 0.190. The maximum atomic E-state index is 14.0. The summed E-state index contributed by atoms with van der Waals surface area (Å²) in [5.74, 6) is -0.110. The molecule has 0 radical (unpaired) electrons. The van der Waals surface area contributed by atoms with Crippen LogP contribution in [0.5, 0.6) is 0 Å². The standard InChI is InChI=1S/C17H29FN2/c1-5-12-19-17(13-20(7-3)14(4)6-2)15-10-8-9-11-16(15)18/h8-11,14,17,19H,5-7,12-13H2,1-4H3. The van der Waals surface area contributed by atoms with Gasteiger partial charge >= 0.3 is 0 Å². The molecule has 0 spiro atoms. The van der Waals surface area contributed by atoms with Crippen molar-refractivity contribution in [1.29, 1.82) is 0 Å². The average Bonchev–Trinajstić information content (AvgIpc) is 2.48. The summed E-state index contributed by atoms with van der Waals surface area (Å²) >= 11 is 0. The highest BCUT2D eigenvalue weighted by molar-refractivity contribution is 5.21. The van der Waals surface area contributed by atoms with E-state index in [1.165, 1.54) is 0 Å². The van der Waals surface area contributed by atoms with Crippen LogP contribution in [0.25, 0.3) is 0 Å². The van der Waals surface area contributed by atoms with E-state index < -0.39 is 0 Å². The van der Waals surface area contributed by atoms with Gasteiger partial charge in [0.15, 0.2) is 0 Å².